The van der Waals surface area contributed by atoms with Crippen LogP contribution in [0.3, 0.4) is 0 Å². The highest BCUT2D eigenvalue weighted by Crippen LogP contribution is 2.06. The smallest absolute Gasteiger partial charge is 0.313 e. The third kappa shape index (κ3) is 5.56. The summed E-state index contributed by atoms with van der Waals surface area (Å²) in [6, 6.07) is 9.03. The van der Waals surface area contributed by atoms with Crippen LogP contribution in [0, 0.1) is 5.82 Å². The van der Waals surface area contributed by atoms with Gasteiger partial charge in [0.05, 0.1) is 5.69 Å². The van der Waals surface area contributed by atoms with Crippen molar-refractivity contribution in [3.8, 4) is 0 Å². The number of nitrogens with one attached hydrogen (secondary N) is 2. The Kier molecular flexibility index (Phi) is 6.45. The van der Waals surface area contributed by atoms with E-state index < -0.39 is 11.8 Å². The lowest BCUT2D eigenvalue weighted by atomic mass is 10.1. The van der Waals surface area contributed by atoms with Crippen molar-refractivity contribution in [2.45, 2.75) is 26.3 Å². The van der Waals surface area contributed by atoms with Crippen LogP contribution in [-0.2, 0) is 22.6 Å². The second-order valence-electron chi connectivity index (χ2n) is 5.49. The quantitative estimate of drug-likeness (QED) is 0.618. The van der Waals surface area contributed by atoms with Crippen LogP contribution in [0.2, 0.25) is 0 Å². The molecule has 1 aromatic carbocycles. The number of aromatic nitrogens is 1. The molecule has 2 N–H and O–H groups in total. The van der Waals surface area contributed by atoms with Crippen LogP contribution in [0.1, 0.15) is 18.9 Å². The second kappa shape index (κ2) is 8.77. The molecule has 7 heteroatoms. The largest absolute Gasteiger partial charge is 0.348 e. The van der Waals surface area contributed by atoms with E-state index in [4.69, 9.17) is 0 Å². The number of amides is 2. The Morgan fingerprint density at radius 1 is 1.16 bits per heavy atom. The van der Waals surface area contributed by atoms with Gasteiger partial charge in [0.25, 0.3) is 5.56 Å². The fourth-order valence-corrected chi connectivity index (χ4v) is 2.31. The Balaban J connectivity index is 1.78. The first-order valence-corrected chi connectivity index (χ1v) is 8.03. The maximum Gasteiger partial charge on any atom is 0.313 e. The second-order valence-corrected chi connectivity index (χ2v) is 5.49. The van der Waals surface area contributed by atoms with Gasteiger partial charge in [0.2, 0.25) is 0 Å². The van der Waals surface area contributed by atoms with Crippen LogP contribution in [0.15, 0.2) is 47.4 Å². The van der Waals surface area contributed by atoms with E-state index in [0.717, 1.165) is 5.56 Å². The zero-order valence-electron chi connectivity index (χ0n) is 13.9. The van der Waals surface area contributed by atoms with Crippen molar-refractivity contribution in [1.29, 1.82) is 0 Å². The van der Waals surface area contributed by atoms with E-state index in [2.05, 4.69) is 10.6 Å². The fourth-order valence-electron chi connectivity index (χ4n) is 2.31. The first-order chi connectivity index (χ1) is 12.0. The maximum atomic E-state index is 13.1. The van der Waals surface area contributed by atoms with E-state index in [1.54, 1.807) is 19.1 Å². The van der Waals surface area contributed by atoms with Crippen LogP contribution in [0.5, 0.6) is 0 Å². The lowest BCUT2D eigenvalue weighted by Crippen LogP contribution is -2.36. The van der Waals surface area contributed by atoms with Crippen molar-refractivity contribution in [3.05, 3.63) is 64.3 Å². The van der Waals surface area contributed by atoms with Gasteiger partial charge in [-0.3, -0.25) is 14.4 Å². The predicted molar refractivity (Wildman–Crippen MR) is 92.7 cm³/mol. The molecule has 1 heterocycles. The van der Waals surface area contributed by atoms with Gasteiger partial charge in [0.15, 0.2) is 0 Å². The molecule has 2 rings (SSSR count). The topological polar surface area (TPSA) is 80.2 Å². The molecular formula is C18H20FN3O3. The Hall–Kier alpha value is -2.96. The summed E-state index contributed by atoms with van der Waals surface area (Å²) in [4.78, 5) is 35.1. The Morgan fingerprint density at radius 2 is 1.96 bits per heavy atom. The normalized spacial score (nSPS) is 10.3. The number of pyridine rings is 1. The summed E-state index contributed by atoms with van der Waals surface area (Å²) in [5.41, 5.74) is 1.03. The number of benzene rings is 1. The van der Waals surface area contributed by atoms with Gasteiger partial charge in [0, 0.05) is 25.4 Å². The molecule has 0 aliphatic rings. The van der Waals surface area contributed by atoms with Crippen molar-refractivity contribution in [3.63, 3.8) is 0 Å². The number of hydrogen-bond acceptors (Lipinski definition) is 3. The van der Waals surface area contributed by atoms with Gasteiger partial charge in [-0.1, -0.05) is 12.1 Å². The zero-order chi connectivity index (χ0) is 18.2. The summed E-state index contributed by atoms with van der Waals surface area (Å²) in [5.74, 6) is -1.85. The molecule has 1 aromatic heterocycles. The first kappa shape index (κ1) is 18.4. The molecule has 0 saturated carbocycles. The lowest BCUT2D eigenvalue weighted by Gasteiger charge is -2.08. The predicted octanol–water partition coefficient (Wildman–Crippen LogP) is 1.69. The van der Waals surface area contributed by atoms with Gasteiger partial charge >= 0.3 is 11.8 Å². The van der Waals surface area contributed by atoms with Gasteiger partial charge in [-0.2, -0.15) is 0 Å². The van der Waals surface area contributed by atoms with E-state index in [1.807, 2.05) is 0 Å². The minimum absolute atomic E-state index is 0.178. The number of carbonyl (C=O) groups excluding carboxylic acids is 2. The molecule has 0 unspecified atom stereocenters. The van der Waals surface area contributed by atoms with E-state index in [9.17, 15) is 18.8 Å². The van der Waals surface area contributed by atoms with E-state index in [1.165, 1.54) is 35.0 Å². The average Bonchev–Trinajstić information content (AvgIpc) is 2.60. The molecule has 0 saturated heterocycles. The summed E-state index contributed by atoms with van der Waals surface area (Å²) in [5, 5.41) is 4.96. The van der Waals surface area contributed by atoms with Crippen LogP contribution in [0.4, 0.5) is 10.1 Å². The lowest BCUT2D eigenvalue weighted by molar-refractivity contribution is -0.136. The number of hydrogen-bond donors (Lipinski definition) is 2. The van der Waals surface area contributed by atoms with Crippen LogP contribution >= 0.6 is 0 Å². The van der Waals surface area contributed by atoms with Crippen LogP contribution in [0.25, 0.3) is 0 Å². The van der Waals surface area contributed by atoms with Gasteiger partial charge in [-0.15, -0.1) is 0 Å². The molecule has 0 fully saturated rings. The van der Waals surface area contributed by atoms with Gasteiger partial charge in [0.1, 0.15) is 5.82 Å². The molecular weight excluding hydrogens is 325 g/mol. The Bertz CT molecular complexity index is 817. The average molecular weight is 345 g/mol. The van der Waals surface area contributed by atoms with Gasteiger partial charge in [-0.05, 0) is 43.5 Å². The van der Waals surface area contributed by atoms with Crippen molar-refractivity contribution >= 4 is 17.5 Å². The van der Waals surface area contributed by atoms with Crippen molar-refractivity contribution < 1.29 is 14.0 Å². The number of carbonyl (C=O) groups is 2. The molecule has 0 bridgehead atoms. The standard InChI is InChI=1S/C18H20FN3O3/c1-2-22-12-15(8-9-16(22)23)21-18(25)17(24)20-10-4-6-13-5-3-7-14(19)11-13/h3,5,7-9,11-12H,2,4,6,10H2,1H3,(H,20,24)(H,21,25). The van der Waals surface area contributed by atoms with Crippen LogP contribution < -0.4 is 16.2 Å². The summed E-state index contributed by atoms with van der Waals surface area (Å²) in [6.07, 6.45) is 2.67. The minimum atomic E-state index is -0.799. The van der Waals surface area contributed by atoms with Crippen molar-refractivity contribution in [1.82, 2.24) is 9.88 Å². The molecule has 0 aliphatic carbocycles. The summed E-state index contributed by atoms with van der Waals surface area (Å²) < 4.78 is 14.5. The molecule has 2 amide bonds. The molecule has 6 nitrogen and oxygen atoms in total. The van der Waals surface area contributed by atoms with Crippen LogP contribution in [-0.4, -0.2) is 22.9 Å². The molecule has 0 spiro atoms. The monoisotopic (exact) mass is 345 g/mol. The number of nitrogens with zero attached hydrogens (tertiary/aromatic N) is 1. The zero-order valence-corrected chi connectivity index (χ0v) is 13.9. The third-order valence-corrected chi connectivity index (χ3v) is 3.61. The Labute approximate surface area is 144 Å². The molecule has 2 aromatic rings. The molecule has 25 heavy (non-hydrogen) atoms. The van der Waals surface area contributed by atoms with Crippen molar-refractivity contribution in [2.24, 2.45) is 0 Å². The number of rotatable bonds is 6. The molecule has 0 radical (unpaired) electrons. The van der Waals surface area contributed by atoms with Crippen molar-refractivity contribution in [2.75, 3.05) is 11.9 Å². The summed E-state index contributed by atoms with van der Waals surface area (Å²) in [6.45, 7) is 2.57. The maximum absolute atomic E-state index is 13.1. The molecule has 0 aliphatic heterocycles. The molecule has 0 atom stereocenters. The first-order valence-electron chi connectivity index (χ1n) is 8.03. The van der Waals surface area contributed by atoms with E-state index >= 15 is 0 Å². The van der Waals surface area contributed by atoms with Gasteiger partial charge < -0.3 is 15.2 Å². The summed E-state index contributed by atoms with van der Waals surface area (Å²) in [7, 11) is 0. The number of aryl methyl sites for hydroxylation is 2. The Morgan fingerprint density at radius 3 is 2.68 bits per heavy atom. The number of anilines is 1. The SMILES string of the molecule is CCn1cc(NC(=O)C(=O)NCCCc2cccc(F)c2)ccc1=O. The van der Waals surface area contributed by atoms with E-state index in [-0.39, 0.29) is 11.4 Å². The molecule has 132 valence electrons. The summed E-state index contributed by atoms with van der Waals surface area (Å²) >= 11 is 0. The number of halogens is 1. The van der Waals surface area contributed by atoms with Gasteiger partial charge in [-0.25, -0.2) is 4.39 Å². The highest BCUT2D eigenvalue weighted by molar-refractivity contribution is 6.39. The fraction of sp³-hybridized carbons (Fsp3) is 0.278. The minimum Gasteiger partial charge on any atom is -0.348 e. The highest BCUT2D eigenvalue weighted by Gasteiger charge is 2.13. The highest BCUT2D eigenvalue weighted by atomic mass is 19.1. The van der Waals surface area contributed by atoms with E-state index in [0.29, 0.717) is 31.6 Å². The third-order valence-electron chi connectivity index (χ3n) is 3.61.